The Labute approximate surface area is 102 Å². The molecule has 2 aromatic rings. The highest BCUT2D eigenvalue weighted by Crippen LogP contribution is 2.27. The van der Waals surface area contributed by atoms with E-state index in [1.807, 2.05) is 18.2 Å². The zero-order valence-corrected chi connectivity index (χ0v) is 10.3. The lowest BCUT2D eigenvalue weighted by Gasteiger charge is -2.07. The van der Waals surface area contributed by atoms with Gasteiger partial charge in [-0.25, -0.2) is 0 Å². The van der Waals surface area contributed by atoms with E-state index in [4.69, 9.17) is 4.74 Å². The summed E-state index contributed by atoms with van der Waals surface area (Å²) >= 11 is 3.42. The number of aromatic nitrogens is 1. The Kier molecular flexibility index (Phi) is 3.19. The van der Waals surface area contributed by atoms with Crippen molar-refractivity contribution in [3.05, 3.63) is 36.0 Å². The number of carbonyl (C=O) groups is 1. The number of halogens is 1. The number of pyridine rings is 1. The first kappa shape index (κ1) is 11.1. The van der Waals surface area contributed by atoms with Crippen LogP contribution < -0.4 is 4.74 Å². The van der Waals surface area contributed by atoms with Gasteiger partial charge in [-0.2, -0.15) is 0 Å². The van der Waals surface area contributed by atoms with Gasteiger partial charge < -0.3 is 4.74 Å². The molecule has 1 aromatic heterocycles. The van der Waals surface area contributed by atoms with E-state index in [9.17, 15) is 4.79 Å². The Hall–Kier alpha value is -1.42. The van der Waals surface area contributed by atoms with Crippen molar-refractivity contribution in [2.75, 3.05) is 0 Å². The third kappa shape index (κ3) is 2.07. The largest absolute Gasteiger partial charge is 0.424 e. The molecule has 3 nitrogen and oxygen atoms in total. The fourth-order valence-electron chi connectivity index (χ4n) is 1.56. The van der Waals surface area contributed by atoms with E-state index >= 15 is 0 Å². The van der Waals surface area contributed by atoms with Crippen molar-refractivity contribution in [2.24, 2.45) is 0 Å². The number of rotatable bonds is 2. The zero-order valence-electron chi connectivity index (χ0n) is 8.74. The lowest BCUT2D eigenvalue weighted by atomic mass is 10.1. The predicted molar refractivity (Wildman–Crippen MR) is 65.7 cm³/mol. The highest BCUT2D eigenvalue weighted by molar-refractivity contribution is 9.08. The second-order valence-corrected chi connectivity index (χ2v) is 3.91. The number of esters is 1. The predicted octanol–water partition coefficient (Wildman–Crippen LogP) is 3.06. The molecule has 0 bridgehead atoms. The van der Waals surface area contributed by atoms with Gasteiger partial charge in [-0.15, -0.1) is 0 Å². The van der Waals surface area contributed by atoms with Crippen LogP contribution in [-0.2, 0) is 10.1 Å². The van der Waals surface area contributed by atoms with E-state index < -0.39 is 0 Å². The molecule has 0 fully saturated rings. The van der Waals surface area contributed by atoms with Gasteiger partial charge in [-0.3, -0.25) is 9.78 Å². The normalized spacial score (nSPS) is 10.4. The quantitative estimate of drug-likeness (QED) is 0.482. The van der Waals surface area contributed by atoms with Crippen LogP contribution in [0.3, 0.4) is 0 Å². The number of carbonyl (C=O) groups excluding carboxylic acids is 1. The molecular formula is C12H10BrNO2. The van der Waals surface area contributed by atoms with Crippen LogP contribution in [0.5, 0.6) is 5.75 Å². The number of nitrogens with zero attached hydrogens (tertiary/aromatic N) is 1. The van der Waals surface area contributed by atoms with E-state index in [1.54, 1.807) is 12.3 Å². The molecule has 0 aliphatic carbocycles. The molecule has 4 heteroatoms. The van der Waals surface area contributed by atoms with Crippen LogP contribution in [0.25, 0.3) is 10.9 Å². The molecule has 16 heavy (non-hydrogen) atoms. The number of ether oxygens (including phenoxy) is 1. The molecule has 0 unspecified atom stereocenters. The van der Waals surface area contributed by atoms with E-state index in [1.165, 1.54) is 6.92 Å². The summed E-state index contributed by atoms with van der Waals surface area (Å²) in [7, 11) is 0. The van der Waals surface area contributed by atoms with Crippen LogP contribution in [0.2, 0.25) is 0 Å². The molecule has 82 valence electrons. The molecule has 0 atom stereocenters. The minimum atomic E-state index is -0.335. The lowest BCUT2D eigenvalue weighted by molar-refractivity contribution is -0.131. The van der Waals surface area contributed by atoms with Gasteiger partial charge in [-0.1, -0.05) is 28.1 Å². The van der Waals surface area contributed by atoms with Crippen molar-refractivity contribution in [1.29, 1.82) is 0 Å². The van der Waals surface area contributed by atoms with Gasteiger partial charge in [-0.05, 0) is 17.7 Å². The third-order valence-electron chi connectivity index (χ3n) is 2.22. The first-order valence-corrected chi connectivity index (χ1v) is 5.95. The van der Waals surface area contributed by atoms with Gasteiger partial charge in [0.1, 0.15) is 5.52 Å². The molecule has 0 radical (unpaired) electrons. The van der Waals surface area contributed by atoms with Crippen molar-refractivity contribution in [2.45, 2.75) is 12.3 Å². The summed E-state index contributed by atoms with van der Waals surface area (Å²) in [4.78, 5) is 15.2. The Bertz CT molecular complexity index is 540. The van der Waals surface area contributed by atoms with Gasteiger partial charge in [0.2, 0.25) is 0 Å². The zero-order chi connectivity index (χ0) is 11.5. The van der Waals surface area contributed by atoms with Crippen LogP contribution in [0.15, 0.2) is 30.5 Å². The van der Waals surface area contributed by atoms with Crippen LogP contribution in [0.1, 0.15) is 12.5 Å². The summed E-state index contributed by atoms with van der Waals surface area (Å²) in [5.41, 5.74) is 1.84. The molecule has 0 saturated heterocycles. The summed E-state index contributed by atoms with van der Waals surface area (Å²) in [6.45, 7) is 1.38. The van der Waals surface area contributed by atoms with E-state index in [0.717, 1.165) is 21.8 Å². The highest BCUT2D eigenvalue weighted by Gasteiger charge is 2.07. The maximum absolute atomic E-state index is 11.0. The van der Waals surface area contributed by atoms with Crippen molar-refractivity contribution in [3.63, 3.8) is 0 Å². The monoisotopic (exact) mass is 279 g/mol. The maximum atomic E-state index is 11.0. The molecular weight excluding hydrogens is 270 g/mol. The lowest BCUT2D eigenvalue weighted by Crippen LogP contribution is -2.02. The van der Waals surface area contributed by atoms with Gasteiger partial charge in [0.05, 0.1) is 0 Å². The summed E-state index contributed by atoms with van der Waals surface area (Å²) in [6, 6.07) is 7.50. The molecule has 0 aliphatic heterocycles. The minimum Gasteiger partial charge on any atom is -0.424 e. The van der Waals surface area contributed by atoms with Gasteiger partial charge in [0.15, 0.2) is 5.75 Å². The molecule has 0 spiro atoms. The number of hydrogen-bond acceptors (Lipinski definition) is 3. The Morgan fingerprint density at radius 3 is 2.94 bits per heavy atom. The number of para-hydroxylation sites is 1. The average molecular weight is 280 g/mol. The van der Waals surface area contributed by atoms with Crippen molar-refractivity contribution >= 4 is 32.8 Å². The summed E-state index contributed by atoms with van der Waals surface area (Å²) in [6.07, 6.45) is 1.71. The maximum Gasteiger partial charge on any atom is 0.308 e. The second-order valence-electron chi connectivity index (χ2n) is 3.35. The number of fused-ring (bicyclic) bond motifs is 1. The number of hydrogen-bond donors (Lipinski definition) is 0. The van der Waals surface area contributed by atoms with Crippen LogP contribution in [0.4, 0.5) is 0 Å². The van der Waals surface area contributed by atoms with Crippen molar-refractivity contribution < 1.29 is 9.53 Å². The topological polar surface area (TPSA) is 39.2 Å². The summed E-state index contributed by atoms with van der Waals surface area (Å²) in [5.74, 6) is 0.173. The molecule has 1 heterocycles. The summed E-state index contributed by atoms with van der Waals surface area (Å²) < 4.78 is 5.11. The fourth-order valence-corrected chi connectivity index (χ4v) is 2.05. The van der Waals surface area contributed by atoms with Crippen LogP contribution >= 0.6 is 15.9 Å². The van der Waals surface area contributed by atoms with Crippen LogP contribution in [-0.4, -0.2) is 11.0 Å². The smallest absolute Gasteiger partial charge is 0.308 e. The number of alkyl halides is 1. The first-order chi connectivity index (χ1) is 7.72. The Morgan fingerprint density at radius 1 is 1.44 bits per heavy atom. The van der Waals surface area contributed by atoms with Gasteiger partial charge in [0, 0.05) is 23.8 Å². The molecule has 0 saturated carbocycles. The van der Waals surface area contributed by atoms with E-state index in [2.05, 4.69) is 20.9 Å². The Balaban J connectivity index is 2.64. The molecule has 0 amide bonds. The SMILES string of the molecule is CC(=O)Oc1cccc2c(CBr)ccnc12. The van der Waals surface area contributed by atoms with Crippen molar-refractivity contribution in [3.8, 4) is 5.75 Å². The van der Waals surface area contributed by atoms with Crippen LogP contribution in [0, 0.1) is 0 Å². The highest BCUT2D eigenvalue weighted by atomic mass is 79.9. The standard InChI is InChI=1S/C12H10BrNO2/c1-8(15)16-11-4-2-3-10-9(7-13)5-6-14-12(10)11/h2-6H,7H2,1H3. The van der Waals surface area contributed by atoms with Gasteiger partial charge >= 0.3 is 5.97 Å². The van der Waals surface area contributed by atoms with Crippen molar-refractivity contribution in [1.82, 2.24) is 4.98 Å². The van der Waals surface area contributed by atoms with E-state index in [-0.39, 0.29) is 5.97 Å². The fraction of sp³-hybridized carbons (Fsp3) is 0.167. The third-order valence-corrected chi connectivity index (χ3v) is 2.83. The molecule has 0 N–H and O–H groups in total. The summed E-state index contributed by atoms with van der Waals surface area (Å²) in [5, 5.41) is 1.74. The average Bonchev–Trinajstić information content (AvgIpc) is 2.28. The van der Waals surface area contributed by atoms with Gasteiger partial charge in [0.25, 0.3) is 0 Å². The van der Waals surface area contributed by atoms with E-state index in [0.29, 0.717) is 5.75 Å². The number of benzene rings is 1. The Morgan fingerprint density at radius 2 is 2.25 bits per heavy atom. The molecule has 2 rings (SSSR count). The molecule has 0 aliphatic rings. The second kappa shape index (κ2) is 4.61. The minimum absolute atomic E-state index is 0.335. The first-order valence-electron chi connectivity index (χ1n) is 4.83. The molecule has 1 aromatic carbocycles.